The molecule has 0 aromatic heterocycles. The first-order valence-electron chi connectivity index (χ1n) is 6.36. The van der Waals surface area contributed by atoms with Crippen LogP contribution in [0.15, 0.2) is 12.7 Å². The molecule has 3 atom stereocenters. The third-order valence-electron chi connectivity index (χ3n) is 3.28. The highest BCUT2D eigenvalue weighted by Gasteiger charge is 2.26. The van der Waals surface area contributed by atoms with E-state index in [4.69, 9.17) is 0 Å². The maximum absolute atomic E-state index is 11.7. The molecule has 0 radical (unpaired) electrons. The molecule has 1 aliphatic carbocycles. The van der Waals surface area contributed by atoms with E-state index in [2.05, 4.69) is 23.5 Å². The van der Waals surface area contributed by atoms with Crippen LogP contribution in [0.2, 0.25) is 0 Å². The average molecular weight is 256 g/mol. The van der Waals surface area contributed by atoms with Gasteiger partial charge in [-0.2, -0.15) is 11.8 Å². The summed E-state index contributed by atoms with van der Waals surface area (Å²) >= 11 is 1.92. The van der Waals surface area contributed by atoms with Crippen LogP contribution in [-0.4, -0.2) is 36.0 Å². The minimum Gasteiger partial charge on any atom is -0.351 e. The van der Waals surface area contributed by atoms with Gasteiger partial charge < -0.3 is 10.6 Å². The van der Waals surface area contributed by atoms with Crippen LogP contribution < -0.4 is 10.6 Å². The fourth-order valence-electron chi connectivity index (χ4n) is 2.29. The minimum absolute atomic E-state index is 0.0651. The van der Waals surface area contributed by atoms with Gasteiger partial charge in [-0.05, 0) is 26.0 Å². The SMILES string of the molecule is C=CCNC(=O)C(C)NC1CCCCC1SC. The molecule has 0 heterocycles. The highest BCUT2D eigenvalue weighted by Crippen LogP contribution is 2.27. The Morgan fingerprint density at radius 2 is 2.24 bits per heavy atom. The van der Waals surface area contributed by atoms with Crippen molar-refractivity contribution in [3.8, 4) is 0 Å². The maximum atomic E-state index is 11.7. The molecule has 3 nitrogen and oxygen atoms in total. The van der Waals surface area contributed by atoms with E-state index in [1.54, 1.807) is 6.08 Å². The number of rotatable bonds is 6. The van der Waals surface area contributed by atoms with E-state index in [1.165, 1.54) is 25.7 Å². The molecule has 0 saturated heterocycles. The van der Waals surface area contributed by atoms with Crippen LogP contribution >= 0.6 is 11.8 Å². The molecule has 98 valence electrons. The standard InChI is InChI=1S/C13H24N2OS/c1-4-9-14-13(16)10(2)15-11-7-5-6-8-12(11)17-3/h4,10-12,15H,1,5-9H2,2-3H3,(H,14,16). The van der Waals surface area contributed by atoms with Gasteiger partial charge in [-0.3, -0.25) is 4.79 Å². The molecule has 1 amide bonds. The molecule has 1 fully saturated rings. The van der Waals surface area contributed by atoms with Crippen LogP contribution in [0.25, 0.3) is 0 Å². The second kappa shape index (κ2) is 7.77. The topological polar surface area (TPSA) is 41.1 Å². The van der Waals surface area contributed by atoms with E-state index in [9.17, 15) is 4.79 Å². The van der Waals surface area contributed by atoms with Gasteiger partial charge in [0, 0.05) is 17.8 Å². The van der Waals surface area contributed by atoms with Crippen LogP contribution in [-0.2, 0) is 4.79 Å². The molecule has 0 aliphatic heterocycles. The van der Waals surface area contributed by atoms with Crippen molar-refractivity contribution in [2.75, 3.05) is 12.8 Å². The number of amides is 1. The van der Waals surface area contributed by atoms with Gasteiger partial charge in [-0.25, -0.2) is 0 Å². The van der Waals surface area contributed by atoms with Gasteiger partial charge in [0.1, 0.15) is 0 Å². The third kappa shape index (κ3) is 4.72. The molecule has 4 heteroatoms. The quantitative estimate of drug-likeness (QED) is 0.714. The first-order chi connectivity index (χ1) is 8.19. The van der Waals surface area contributed by atoms with Crippen molar-refractivity contribution < 1.29 is 4.79 Å². The lowest BCUT2D eigenvalue weighted by Gasteiger charge is -2.33. The van der Waals surface area contributed by atoms with Crippen LogP contribution in [0.5, 0.6) is 0 Å². The van der Waals surface area contributed by atoms with Crippen molar-refractivity contribution in [2.24, 2.45) is 0 Å². The first-order valence-corrected chi connectivity index (χ1v) is 7.65. The molecule has 1 saturated carbocycles. The summed E-state index contributed by atoms with van der Waals surface area (Å²) in [7, 11) is 0. The Balaban J connectivity index is 2.39. The fraction of sp³-hybridized carbons (Fsp3) is 0.769. The Morgan fingerprint density at radius 1 is 1.53 bits per heavy atom. The zero-order valence-electron chi connectivity index (χ0n) is 10.9. The molecule has 1 rings (SSSR count). The normalized spacial score (nSPS) is 26.2. The molecule has 2 N–H and O–H groups in total. The summed E-state index contributed by atoms with van der Waals surface area (Å²) in [6.45, 7) is 6.07. The Hall–Kier alpha value is -0.480. The van der Waals surface area contributed by atoms with Crippen molar-refractivity contribution in [3.05, 3.63) is 12.7 Å². The summed E-state index contributed by atoms with van der Waals surface area (Å²) in [6.07, 6.45) is 8.91. The fourth-order valence-corrected chi connectivity index (χ4v) is 3.24. The Kier molecular flexibility index (Phi) is 6.66. The van der Waals surface area contributed by atoms with Gasteiger partial charge in [0.2, 0.25) is 5.91 Å². The van der Waals surface area contributed by atoms with Gasteiger partial charge in [-0.15, -0.1) is 6.58 Å². The van der Waals surface area contributed by atoms with Crippen molar-refractivity contribution in [1.29, 1.82) is 0 Å². The molecular formula is C13H24N2OS. The van der Waals surface area contributed by atoms with Crippen molar-refractivity contribution in [3.63, 3.8) is 0 Å². The largest absolute Gasteiger partial charge is 0.351 e. The summed E-state index contributed by atoms with van der Waals surface area (Å²) in [5, 5.41) is 6.94. The highest BCUT2D eigenvalue weighted by atomic mass is 32.2. The zero-order valence-corrected chi connectivity index (χ0v) is 11.7. The first kappa shape index (κ1) is 14.6. The van der Waals surface area contributed by atoms with E-state index in [1.807, 2.05) is 18.7 Å². The van der Waals surface area contributed by atoms with Gasteiger partial charge in [0.15, 0.2) is 0 Å². The predicted molar refractivity (Wildman–Crippen MR) is 75.4 cm³/mol. The van der Waals surface area contributed by atoms with Crippen molar-refractivity contribution >= 4 is 17.7 Å². The summed E-state index contributed by atoms with van der Waals surface area (Å²) in [5.74, 6) is 0.0651. The number of nitrogens with one attached hydrogen (secondary N) is 2. The van der Waals surface area contributed by atoms with Crippen LogP contribution in [0.1, 0.15) is 32.6 Å². The van der Waals surface area contributed by atoms with E-state index in [0.717, 1.165) is 0 Å². The van der Waals surface area contributed by atoms with Crippen LogP contribution in [0.4, 0.5) is 0 Å². The number of carbonyl (C=O) groups is 1. The van der Waals surface area contributed by atoms with Crippen LogP contribution in [0, 0.1) is 0 Å². The zero-order chi connectivity index (χ0) is 12.7. The van der Waals surface area contributed by atoms with Crippen molar-refractivity contribution in [2.45, 2.75) is 49.9 Å². The average Bonchev–Trinajstić information content (AvgIpc) is 2.36. The Bertz CT molecular complexity index is 258. The maximum Gasteiger partial charge on any atom is 0.237 e. The lowest BCUT2D eigenvalue weighted by molar-refractivity contribution is -0.122. The summed E-state index contributed by atoms with van der Waals surface area (Å²) in [4.78, 5) is 11.7. The monoisotopic (exact) mass is 256 g/mol. The molecule has 0 aromatic carbocycles. The molecule has 0 spiro atoms. The number of hydrogen-bond donors (Lipinski definition) is 2. The third-order valence-corrected chi connectivity index (χ3v) is 4.45. The summed E-state index contributed by atoms with van der Waals surface area (Å²) in [6, 6.07) is 0.357. The minimum atomic E-state index is -0.118. The number of hydrogen-bond acceptors (Lipinski definition) is 3. The van der Waals surface area contributed by atoms with E-state index in [0.29, 0.717) is 17.8 Å². The lowest BCUT2D eigenvalue weighted by atomic mass is 9.94. The molecule has 0 bridgehead atoms. The van der Waals surface area contributed by atoms with Gasteiger partial charge in [0.05, 0.1) is 6.04 Å². The predicted octanol–water partition coefficient (Wildman–Crippen LogP) is 1.94. The Morgan fingerprint density at radius 3 is 2.88 bits per heavy atom. The van der Waals surface area contributed by atoms with Crippen LogP contribution in [0.3, 0.4) is 0 Å². The molecular weight excluding hydrogens is 232 g/mol. The van der Waals surface area contributed by atoms with Gasteiger partial charge >= 0.3 is 0 Å². The van der Waals surface area contributed by atoms with E-state index < -0.39 is 0 Å². The van der Waals surface area contributed by atoms with Crippen molar-refractivity contribution in [1.82, 2.24) is 10.6 Å². The number of carbonyl (C=O) groups excluding carboxylic acids is 1. The second-order valence-electron chi connectivity index (χ2n) is 4.59. The molecule has 17 heavy (non-hydrogen) atoms. The Labute approximate surface area is 109 Å². The summed E-state index contributed by atoms with van der Waals surface area (Å²) < 4.78 is 0. The summed E-state index contributed by atoms with van der Waals surface area (Å²) in [5.41, 5.74) is 0. The molecule has 3 unspecified atom stereocenters. The van der Waals surface area contributed by atoms with E-state index >= 15 is 0 Å². The van der Waals surface area contributed by atoms with Gasteiger partial charge in [-0.1, -0.05) is 18.9 Å². The second-order valence-corrected chi connectivity index (χ2v) is 5.66. The molecule has 1 aliphatic rings. The van der Waals surface area contributed by atoms with Gasteiger partial charge in [0.25, 0.3) is 0 Å². The highest BCUT2D eigenvalue weighted by molar-refractivity contribution is 7.99. The lowest BCUT2D eigenvalue weighted by Crippen LogP contribution is -2.50. The number of thioether (sulfide) groups is 1. The smallest absolute Gasteiger partial charge is 0.237 e. The molecule has 0 aromatic rings. The van der Waals surface area contributed by atoms with E-state index in [-0.39, 0.29) is 11.9 Å².